The number of anilines is 1. The Balaban J connectivity index is 1.34. The second-order valence-corrected chi connectivity index (χ2v) is 9.66. The smallest absolute Gasteiger partial charge is 0.298 e. The fourth-order valence-corrected chi connectivity index (χ4v) is 5.22. The minimum absolute atomic E-state index is 0.0795. The lowest BCUT2D eigenvalue weighted by Crippen LogP contribution is -2.48. The van der Waals surface area contributed by atoms with Crippen molar-refractivity contribution in [3.8, 4) is 34.6 Å². The summed E-state index contributed by atoms with van der Waals surface area (Å²) in [4.78, 5) is 23.4. The van der Waals surface area contributed by atoms with Gasteiger partial charge in [0.2, 0.25) is 0 Å². The number of rotatable bonds is 4. The topological polar surface area (TPSA) is 99.2 Å². The number of hydrogen-bond acceptors (Lipinski definition) is 6. The van der Waals surface area contributed by atoms with Crippen molar-refractivity contribution >= 4 is 22.8 Å². The molecule has 2 aliphatic rings. The molecule has 2 fully saturated rings. The summed E-state index contributed by atoms with van der Waals surface area (Å²) in [6.07, 6.45) is 5.11. The summed E-state index contributed by atoms with van der Waals surface area (Å²) in [5, 5.41) is 5.52. The highest BCUT2D eigenvalue weighted by atomic mass is 19.1. The van der Waals surface area contributed by atoms with Gasteiger partial charge in [0.25, 0.3) is 5.91 Å². The molecule has 2 N–H and O–H groups in total. The molecule has 1 spiro atoms. The summed E-state index contributed by atoms with van der Waals surface area (Å²) in [6.45, 7) is 2.15. The maximum atomic E-state index is 14.0. The van der Waals surface area contributed by atoms with Gasteiger partial charge in [-0.25, -0.2) is 23.4 Å². The quantitative estimate of drug-likeness (QED) is 0.391. The van der Waals surface area contributed by atoms with E-state index in [4.69, 9.17) is 15.6 Å². The van der Waals surface area contributed by atoms with Crippen LogP contribution in [0.3, 0.4) is 0 Å². The number of carbonyl (C=O) groups excluding carboxylic acids is 1. The van der Waals surface area contributed by atoms with E-state index in [1.54, 1.807) is 31.2 Å². The molecule has 192 valence electrons. The molecule has 3 heterocycles. The monoisotopic (exact) mass is 514 g/mol. The zero-order chi connectivity index (χ0) is 26.4. The summed E-state index contributed by atoms with van der Waals surface area (Å²) in [7, 11) is 0. The zero-order valence-corrected chi connectivity index (χ0v) is 20.6. The number of fused-ring (bicyclic) bond motifs is 1. The number of benzene rings is 2. The molecule has 1 saturated carbocycles. The fourth-order valence-electron chi connectivity index (χ4n) is 5.22. The number of likely N-dealkylation sites (tertiary alicyclic amines) is 1. The van der Waals surface area contributed by atoms with Crippen LogP contribution >= 0.6 is 0 Å². The number of nitrogens with zero attached hydrogens (tertiary/aromatic N) is 5. The predicted octanol–water partition coefficient (Wildman–Crippen LogP) is 4.87. The van der Waals surface area contributed by atoms with Crippen LogP contribution in [0.4, 0.5) is 14.6 Å². The number of carbonyl (C=O) groups is 1. The fraction of sp³-hybridized carbons (Fsp3) is 0.286. The molecule has 1 atom stereocenters. The molecule has 1 amide bonds. The van der Waals surface area contributed by atoms with E-state index < -0.39 is 11.6 Å². The highest BCUT2D eigenvalue weighted by molar-refractivity contribution is 5.98. The third-order valence-electron chi connectivity index (χ3n) is 7.33. The zero-order valence-electron chi connectivity index (χ0n) is 20.6. The molecule has 6 rings (SSSR count). The van der Waals surface area contributed by atoms with Crippen molar-refractivity contribution in [2.45, 2.75) is 44.2 Å². The SMILES string of the molecule is CC#CC(=O)N1C[C@@H](n2nc(-c3ccc(Oc4ccc(F)cc4F)cc3)c3c(N)ncnc32)CCC12CC2. The van der Waals surface area contributed by atoms with Crippen LogP contribution in [0.25, 0.3) is 22.3 Å². The molecule has 2 aromatic heterocycles. The summed E-state index contributed by atoms with van der Waals surface area (Å²) in [6, 6.07) is 9.94. The normalized spacial score (nSPS) is 17.8. The second kappa shape index (κ2) is 9.10. The number of piperidine rings is 1. The number of nitrogen functional groups attached to an aromatic ring is 1. The molecule has 1 saturated heterocycles. The van der Waals surface area contributed by atoms with E-state index in [0.717, 1.165) is 43.4 Å². The molecule has 0 bridgehead atoms. The van der Waals surface area contributed by atoms with E-state index >= 15 is 0 Å². The summed E-state index contributed by atoms with van der Waals surface area (Å²) >= 11 is 0. The molecule has 2 aromatic carbocycles. The maximum Gasteiger partial charge on any atom is 0.298 e. The molecule has 0 unspecified atom stereocenters. The van der Waals surface area contributed by atoms with Crippen molar-refractivity contribution in [1.82, 2.24) is 24.6 Å². The van der Waals surface area contributed by atoms with Crippen molar-refractivity contribution in [2.24, 2.45) is 0 Å². The minimum Gasteiger partial charge on any atom is -0.454 e. The van der Waals surface area contributed by atoms with Crippen LogP contribution in [0.5, 0.6) is 11.5 Å². The van der Waals surface area contributed by atoms with Gasteiger partial charge in [-0.1, -0.05) is 5.92 Å². The highest BCUT2D eigenvalue weighted by Gasteiger charge is 2.53. The van der Waals surface area contributed by atoms with Crippen molar-refractivity contribution < 1.29 is 18.3 Å². The lowest BCUT2D eigenvalue weighted by molar-refractivity contribution is -0.130. The number of nitrogens with two attached hydrogens (primary N) is 1. The van der Waals surface area contributed by atoms with Gasteiger partial charge in [0.1, 0.15) is 29.4 Å². The highest BCUT2D eigenvalue weighted by Crippen LogP contribution is 2.50. The number of aromatic nitrogens is 4. The summed E-state index contributed by atoms with van der Waals surface area (Å²) < 4.78 is 34.6. The third-order valence-corrected chi connectivity index (χ3v) is 7.33. The van der Waals surface area contributed by atoms with Crippen LogP contribution in [0.1, 0.15) is 38.6 Å². The Labute approximate surface area is 217 Å². The van der Waals surface area contributed by atoms with Gasteiger partial charge in [0, 0.05) is 23.7 Å². The maximum absolute atomic E-state index is 14.0. The number of ether oxygens (including phenoxy) is 1. The second-order valence-electron chi connectivity index (χ2n) is 9.66. The molecular weight excluding hydrogens is 490 g/mol. The van der Waals surface area contributed by atoms with Gasteiger partial charge in [0.15, 0.2) is 17.2 Å². The molecule has 8 nitrogen and oxygen atoms in total. The van der Waals surface area contributed by atoms with E-state index in [0.29, 0.717) is 34.8 Å². The van der Waals surface area contributed by atoms with Gasteiger partial charge in [0.05, 0.1) is 11.4 Å². The van der Waals surface area contributed by atoms with Crippen LogP contribution < -0.4 is 10.5 Å². The molecule has 4 aromatic rings. The average Bonchev–Trinajstić information content (AvgIpc) is 3.56. The first-order valence-electron chi connectivity index (χ1n) is 12.3. The van der Waals surface area contributed by atoms with E-state index in [1.807, 2.05) is 9.58 Å². The first-order valence-corrected chi connectivity index (χ1v) is 12.3. The lowest BCUT2D eigenvalue weighted by Gasteiger charge is -2.39. The van der Waals surface area contributed by atoms with E-state index in [2.05, 4.69) is 21.8 Å². The number of amides is 1. The Hall–Kier alpha value is -4.52. The standard InChI is InChI=1S/C28H24F2N6O2/c1-2-3-23(37)35-15-19(10-11-28(35)12-13-28)36-27-24(26(31)32-16-33-27)25(34-36)17-4-7-20(8-5-17)38-22-9-6-18(29)14-21(22)30/h4-9,14,16,19H,10-13,15H2,1H3,(H2,31,32,33)/t19-/m0/s1. The van der Waals surface area contributed by atoms with E-state index in [-0.39, 0.29) is 23.2 Å². The van der Waals surface area contributed by atoms with Crippen LogP contribution in [0.2, 0.25) is 0 Å². The predicted molar refractivity (Wildman–Crippen MR) is 137 cm³/mol. The van der Waals surface area contributed by atoms with Crippen molar-refractivity contribution in [3.05, 3.63) is 60.4 Å². The van der Waals surface area contributed by atoms with Crippen molar-refractivity contribution in [1.29, 1.82) is 0 Å². The molecule has 0 radical (unpaired) electrons. The van der Waals surface area contributed by atoms with Crippen molar-refractivity contribution in [3.63, 3.8) is 0 Å². The molecule has 38 heavy (non-hydrogen) atoms. The summed E-state index contributed by atoms with van der Waals surface area (Å²) in [5.74, 6) is 4.39. The van der Waals surface area contributed by atoms with Crippen LogP contribution in [-0.4, -0.2) is 42.6 Å². The largest absolute Gasteiger partial charge is 0.454 e. The Kier molecular flexibility index (Phi) is 5.71. The third kappa shape index (κ3) is 4.10. The van der Waals surface area contributed by atoms with Gasteiger partial charge in [-0.05, 0) is 74.9 Å². The average molecular weight is 515 g/mol. The summed E-state index contributed by atoms with van der Waals surface area (Å²) in [5.41, 5.74) is 8.12. The van der Waals surface area contributed by atoms with Gasteiger partial charge in [-0.3, -0.25) is 4.79 Å². The minimum atomic E-state index is -0.790. The molecule has 1 aliphatic carbocycles. The van der Waals surface area contributed by atoms with Crippen LogP contribution in [0, 0.1) is 23.5 Å². The first kappa shape index (κ1) is 23.9. The molecule has 1 aliphatic heterocycles. The van der Waals surface area contributed by atoms with Gasteiger partial charge < -0.3 is 15.4 Å². The number of hydrogen-bond donors (Lipinski definition) is 1. The molecule has 10 heteroatoms. The first-order chi connectivity index (χ1) is 18.4. The Morgan fingerprint density at radius 3 is 2.63 bits per heavy atom. The Bertz CT molecular complexity index is 1620. The van der Waals surface area contributed by atoms with Crippen LogP contribution in [0.15, 0.2) is 48.8 Å². The Morgan fingerprint density at radius 2 is 1.92 bits per heavy atom. The van der Waals surface area contributed by atoms with Crippen LogP contribution in [-0.2, 0) is 4.79 Å². The lowest BCUT2D eigenvalue weighted by atomic mass is 9.96. The van der Waals surface area contributed by atoms with Gasteiger partial charge in [-0.2, -0.15) is 5.10 Å². The van der Waals surface area contributed by atoms with E-state index in [9.17, 15) is 13.6 Å². The van der Waals surface area contributed by atoms with Gasteiger partial charge in [-0.15, -0.1) is 0 Å². The number of halogens is 2. The van der Waals surface area contributed by atoms with Gasteiger partial charge >= 0.3 is 0 Å². The molecular formula is C28H24F2N6O2. The van der Waals surface area contributed by atoms with Crippen molar-refractivity contribution in [2.75, 3.05) is 12.3 Å². The Morgan fingerprint density at radius 1 is 1.13 bits per heavy atom. The van der Waals surface area contributed by atoms with E-state index in [1.165, 1.54) is 12.4 Å².